The minimum Gasteiger partial charge on any atom is -0.494 e. The standard InChI is InChI=1S/C22H34N2O4/c1-18-5-3-10-22(17-18,26-2)21(25)23-19-6-8-20(9-7-19)28-14-4-11-24-12-15-27-16-13-24/h6-9,18H,3-5,10-17H2,1-2H3,(H,23,25). The molecule has 1 saturated heterocycles. The number of morpholine rings is 1. The van der Waals surface area contributed by atoms with Crippen molar-refractivity contribution in [2.75, 3.05) is 51.9 Å². The van der Waals surface area contributed by atoms with Gasteiger partial charge in [-0.1, -0.05) is 13.3 Å². The average molecular weight is 391 g/mol. The monoisotopic (exact) mass is 390 g/mol. The van der Waals surface area contributed by atoms with E-state index in [0.29, 0.717) is 12.5 Å². The summed E-state index contributed by atoms with van der Waals surface area (Å²) in [5.74, 6) is 1.29. The molecule has 1 aromatic carbocycles. The van der Waals surface area contributed by atoms with Crippen molar-refractivity contribution in [1.82, 2.24) is 4.90 Å². The van der Waals surface area contributed by atoms with E-state index in [9.17, 15) is 4.79 Å². The van der Waals surface area contributed by atoms with Crippen molar-refractivity contribution in [2.45, 2.75) is 44.6 Å². The highest BCUT2D eigenvalue weighted by Gasteiger charge is 2.41. The van der Waals surface area contributed by atoms with Gasteiger partial charge in [-0.3, -0.25) is 9.69 Å². The Bertz CT molecular complexity index is 615. The van der Waals surface area contributed by atoms with Gasteiger partial charge in [0.1, 0.15) is 11.4 Å². The number of amides is 1. The molecule has 1 aliphatic carbocycles. The molecule has 0 radical (unpaired) electrons. The summed E-state index contributed by atoms with van der Waals surface area (Å²) in [5, 5.41) is 3.02. The van der Waals surface area contributed by atoms with Gasteiger partial charge >= 0.3 is 0 Å². The van der Waals surface area contributed by atoms with Crippen molar-refractivity contribution in [1.29, 1.82) is 0 Å². The normalized spacial score (nSPS) is 26.0. The molecule has 1 N–H and O–H groups in total. The van der Waals surface area contributed by atoms with Gasteiger partial charge in [-0.25, -0.2) is 0 Å². The van der Waals surface area contributed by atoms with Crippen LogP contribution in [0.15, 0.2) is 24.3 Å². The Labute approximate surface area is 168 Å². The minimum absolute atomic E-state index is 0.0410. The molecule has 156 valence electrons. The Balaban J connectivity index is 1.44. The lowest BCUT2D eigenvalue weighted by Crippen LogP contribution is -2.47. The Morgan fingerprint density at radius 1 is 1.29 bits per heavy atom. The lowest BCUT2D eigenvalue weighted by Gasteiger charge is -2.37. The molecule has 2 aliphatic rings. The van der Waals surface area contributed by atoms with E-state index in [1.165, 1.54) is 0 Å². The molecule has 0 bridgehead atoms. The van der Waals surface area contributed by atoms with Gasteiger partial charge in [0.05, 0.1) is 19.8 Å². The maximum Gasteiger partial charge on any atom is 0.256 e. The van der Waals surface area contributed by atoms with Gasteiger partial charge in [0.25, 0.3) is 5.91 Å². The van der Waals surface area contributed by atoms with Crippen molar-refractivity contribution in [2.24, 2.45) is 5.92 Å². The summed E-state index contributed by atoms with van der Waals surface area (Å²) in [6, 6.07) is 7.61. The first-order valence-electron chi connectivity index (χ1n) is 10.5. The van der Waals surface area contributed by atoms with Crippen LogP contribution in [0, 0.1) is 5.92 Å². The maximum atomic E-state index is 12.8. The molecule has 6 heteroatoms. The quantitative estimate of drug-likeness (QED) is 0.690. The highest BCUT2D eigenvalue weighted by atomic mass is 16.5. The molecule has 3 rings (SSSR count). The molecular formula is C22H34N2O4. The number of carbonyl (C=O) groups is 1. The Morgan fingerprint density at radius 2 is 2.04 bits per heavy atom. The van der Waals surface area contributed by atoms with E-state index in [1.54, 1.807) is 7.11 Å². The molecule has 6 nitrogen and oxygen atoms in total. The van der Waals surface area contributed by atoms with E-state index >= 15 is 0 Å². The fourth-order valence-electron chi connectivity index (χ4n) is 4.17. The van der Waals surface area contributed by atoms with Gasteiger partial charge in [0.2, 0.25) is 0 Å². The number of methoxy groups -OCH3 is 1. The van der Waals surface area contributed by atoms with Crippen LogP contribution < -0.4 is 10.1 Å². The summed E-state index contributed by atoms with van der Waals surface area (Å²) in [6.07, 6.45) is 4.74. The maximum absolute atomic E-state index is 12.8. The third-order valence-electron chi connectivity index (χ3n) is 5.86. The Hall–Kier alpha value is -1.63. The summed E-state index contributed by atoms with van der Waals surface area (Å²) in [5.41, 5.74) is 0.0760. The predicted octanol–water partition coefficient (Wildman–Crippen LogP) is 3.32. The van der Waals surface area contributed by atoms with Gasteiger partial charge < -0.3 is 19.5 Å². The molecule has 1 saturated carbocycles. The van der Waals surface area contributed by atoms with Crippen molar-refractivity contribution in [3.05, 3.63) is 24.3 Å². The smallest absolute Gasteiger partial charge is 0.256 e. The van der Waals surface area contributed by atoms with Crippen LogP contribution >= 0.6 is 0 Å². The molecule has 1 heterocycles. The first-order chi connectivity index (χ1) is 13.6. The average Bonchev–Trinajstić information content (AvgIpc) is 2.73. The second-order valence-electron chi connectivity index (χ2n) is 8.03. The molecule has 2 atom stereocenters. The lowest BCUT2D eigenvalue weighted by atomic mass is 9.78. The van der Waals surface area contributed by atoms with Gasteiger partial charge in [-0.2, -0.15) is 0 Å². The zero-order chi connectivity index (χ0) is 19.8. The van der Waals surface area contributed by atoms with Crippen LogP contribution in [-0.4, -0.2) is 63.0 Å². The largest absolute Gasteiger partial charge is 0.494 e. The van der Waals surface area contributed by atoms with Crippen LogP contribution in [0.5, 0.6) is 5.75 Å². The third-order valence-corrected chi connectivity index (χ3v) is 5.86. The number of hydrogen-bond donors (Lipinski definition) is 1. The van der Waals surface area contributed by atoms with E-state index in [2.05, 4.69) is 17.1 Å². The number of rotatable bonds is 8. The van der Waals surface area contributed by atoms with Crippen molar-refractivity contribution in [3.8, 4) is 5.75 Å². The third kappa shape index (κ3) is 5.69. The second-order valence-corrected chi connectivity index (χ2v) is 8.03. The summed E-state index contributed by atoms with van der Waals surface area (Å²) in [7, 11) is 1.64. The zero-order valence-electron chi connectivity index (χ0n) is 17.2. The summed E-state index contributed by atoms with van der Waals surface area (Å²) in [6.45, 7) is 7.59. The molecular weight excluding hydrogens is 356 g/mol. The molecule has 0 aromatic heterocycles. The molecule has 1 amide bonds. The van der Waals surface area contributed by atoms with Crippen LogP contribution in [0.4, 0.5) is 5.69 Å². The van der Waals surface area contributed by atoms with Crippen molar-refractivity contribution >= 4 is 11.6 Å². The van der Waals surface area contributed by atoms with Crippen LogP contribution in [-0.2, 0) is 14.3 Å². The van der Waals surface area contributed by atoms with Crippen molar-refractivity contribution < 1.29 is 19.0 Å². The fraction of sp³-hybridized carbons (Fsp3) is 0.682. The van der Waals surface area contributed by atoms with E-state index in [-0.39, 0.29) is 5.91 Å². The molecule has 1 aromatic rings. The fourth-order valence-corrected chi connectivity index (χ4v) is 4.17. The SMILES string of the molecule is COC1(C(=O)Nc2ccc(OCCCN3CCOCC3)cc2)CCCC(C)C1. The van der Waals surface area contributed by atoms with Crippen LogP contribution in [0.2, 0.25) is 0 Å². The van der Waals surface area contributed by atoms with E-state index in [0.717, 1.165) is 76.4 Å². The van der Waals surface area contributed by atoms with Gasteiger partial charge in [0.15, 0.2) is 0 Å². The molecule has 2 fully saturated rings. The number of nitrogens with one attached hydrogen (secondary N) is 1. The zero-order valence-corrected chi connectivity index (χ0v) is 17.2. The number of hydrogen-bond acceptors (Lipinski definition) is 5. The molecule has 1 aliphatic heterocycles. The highest BCUT2D eigenvalue weighted by molar-refractivity contribution is 5.97. The Kier molecular flexibility index (Phi) is 7.71. The van der Waals surface area contributed by atoms with Crippen LogP contribution in [0.25, 0.3) is 0 Å². The lowest BCUT2D eigenvalue weighted by molar-refractivity contribution is -0.143. The van der Waals surface area contributed by atoms with Crippen LogP contribution in [0.1, 0.15) is 39.0 Å². The number of carbonyl (C=O) groups excluding carboxylic acids is 1. The second kappa shape index (κ2) is 10.2. The van der Waals surface area contributed by atoms with Gasteiger partial charge in [-0.05, 0) is 55.9 Å². The van der Waals surface area contributed by atoms with Gasteiger partial charge in [0, 0.05) is 32.4 Å². The topological polar surface area (TPSA) is 60.0 Å². The minimum atomic E-state index is -0.702. The summed E-state index contributed by atoms with van der Waals surface area (Å²) >= 11 is 0. The van der Waals surface area contributed by atoms with E-state index in [4.69, 9.17) is 14.2 Å². The molecule has 2 unspecified atom stereocenters. The molecule has 28 heavy (non-hydrogen) atoms. The van der Waals surface area contributed by atoms with E-state index < -0.39 is 5.60 Å². The number of benzene rings is 1. The predicted molar refractivity (Wildman–Crippen MR) is 110 cm³/mol. The summed E-state index contributed by atoms with van der Waals surface area (Å²) in [4.78, 5) is 15.2. The number of nitrogens with zero attached hydrogens (tertiary/aromatic N) is 1. The van der Waals surface area contributed by atoms with E-state index in [1.807, 2.05) is 24.3 Å². The van der Waals surface area contributed by atoms with Gasteiger partial charge in [-0.15, -0.1) is 0 Å². The summed E-state index contributed by atoms with van der Waals surface area (Å²) < 4.78 is 16.9. The first kappa shape index (κ1) is 21.1. The van der Waals surface area contributed by atoms with Crippen molar-refractivity contribution in [3.63, 3.8) is 0 Å². The Morgan fingerprint density at radius 3 is 2.71 bits per heavy atom. The highest BCUT2D eigenvalue weighted by Crippen LogP contribution is 2.35. The van der Waals surface area contributed by atoms with Crippen LogP contribution in [0.3, 0.4) is 0 Å². The number of ether oxygens (including phenoxy) is 3. The first-order valence-corrected chi connectivity index (χ1v) is 10.5. The number of anilines is 1. The molecule has 0 spiro atoms.